The second kappa shape index (κ2) is 4.13. The van der Waals surface area contributed by atoms with Gasteiger partial charge >= 0.3 is 0 Å². The molecule has 0 heterocycles. The van der Waals surface area contributed by atoms with Gasteiger partial charge in [0, 0.05) is 5.69 Å². The van der Waals surface area contributed by atoms with Crippen LogP contribution in [0.1, 0.15) is 5.56 Å². The Morgan fingerprint density at radius 2 is 1.47 bits per heavy atom. The minimum absolute atomic E-state index is 0.282. The largest absolute Gasteiger partial charge is 0.399 e. The lowest BCUT2D eigenvalue weighted by Crippen LogP contribution is -1.93. The summed E-state index contributed by atoms with van der Waals surface area (Å²) in [4.78, 5) is 0. The topological polar surface area (TPSA) is 26.0 Å². The summed E-state index contributed by atoms with van der Waals surface area (Å²) in [6, 6.07) is 6.90. The summed E-state index contributed by atoms with van der Waals surface area (Å²) in [7, 11) is 0. The van der Waals surface area contributed by atoms with Crippen molar-refractivity contribution in [3.05, 3.63) is 53.3 Å². The number of halogens is 3. The lowest BCUT2D eigenvalue weighted by molar-refractivity contribution is 0.448. The number of rotatable bonds is 1. The van der Waals surface area contributed by atoms with Gasteiger partial charge in [0.1, 0.15) is 0 Å². The summed E-state index contributed by atoms with van der Waals surface area (Å²) in [6.45, 7) is 1.79. The van der Waals surface area contributed by atoms with E-state index in [9.17, 15) is 13.2 Å². The van der Waals surface area contributed by atoms with Gasteiger partial charge in [0.15, 0.2) is 17.5 Å². The molecule has 0 bridgehead atoms. The monoisotopic (exact) mass is 237 g/mol. The van der Waals surface area contributed by atoms with Crippen molar-refractivity contribution in [3.8, 4) is 11.1 Å². The zero-order chi connectivity index (χ0) is 12.6. The van der Waals surface area contributed by atoms with E-state index in [-0.39, 0.29) is 5.56 Å². The molecule has 4 heteroatoms. The predicted octanol–water partition coefficient (Wildman–Crippen LogP) is 3.66. The van der Waals surface area contributed by atoms with Crippen LogP contribution in [0.25, 0.3) is 11.1 Å². The number of hydrogen-bond acceptors (Lipinski definition) is 1. The average Bonchev–Trinajstić information content (AvgIpc) is 2.29. The van der Waals surface area contributed by atoms with Crippen LogP contribution in [-0.4, -0.2) is 0 Å². The van der Waals surface area contributed by atoms with Crippen LogP contribution in [0.4, 0.5) is 18.9 Å². The average molecular weight is 237 g/mol. The van der Waals surface area contributed by atoms with E-state index in [0.29, 0.717) is 11.3 Å². The van der Waals surface area contributed by atoms with Gasteiger partial charge in [0.2, 0.25) is 0 Å². The quantitative estimate of drug-likeness (QED) is 0.594. The summed E-state index contributed by atoms with van der Waals surface area (Å²) in [6.07, 6.45) is 0. The first-order chi connectivity index (χ1) is 7.99. The molecular weight excluding hydrogens is 227 g/mol. The lowest BCUT2D eigenvalue weighted by Gasteiger charge is -2.06. The third-order valence-electron chi connectivity index (χ3n) is 2.59. The van der Waals surface area contributed by atoms with E-state index in [0.717, 1.165) is 17.7 Å². The van der Waals surface area contributed by atoms with E-state index >= 15 is 0 Å². The van der Waals surface area contributed by atoms with Gasteiger partial charge in [-0.15, -0.1) is 0 Å². The molecular formula is C13H10F3N. The highest BCUT2D eigenvalue weighted by atomic mass is 19.2. The van der Waals surface area contributed by atoms with Crippen LogP contribution in [0.15, 0.2) is 30.3 Å². The third kappa shape index (κ3) is 2.11. The smallest absolute Gasteiger partial charge is 0.194 e. The molecule has 0 atom stereocenters. The molecule has 0 saturated carbocycles. The Morgan fingerprint density at radius 1 is 0.882 bits per heavy atom. The first kappa shape index (κ1) is 11.5. The molecule has 0 amide bonds. The number of benzene rings is 2. The van der Waals surface area contributed by atoms with E-state index < -0.39 is 17.5 Å². The number of anilines is 1. The van der Waals surface area contributed by atoms with Gasteiger partial charge in [0.05, 0.1) is 0 Å². The molecule has 17 heavy (non-hydrogen) atoms. The number of nitrogens with two attached hydrogens (primary N) is 1. The molecule has 0 spiro atoms. The Morgan fingerprint density at radius 3 is 2.00 bits per heavy atom. The standard InChI is InChI=1S/C13H10F3N/c1-7-4-8(2-3-12(7)17)9-5-10(14)13(16)11(15)6-9/h2-6H,17H2,1H3. The summed E-state index contributed by atoms with van der Waals surface area (Å²) < 4.78 is 38.9. The number of hydrogen-bond donors (Lipinski definition) is 1. The predicted molar refractivity (Wildman–Crippen MR) is 60.9 cm³/mol. The minimum Gasteiger partial charge on any atom is -0.399 e. The maximum atomic E-state index is 13.1. The van der Waals surface area contributed by atoms with Crippen LogP contribution >= 0.6 is 0 Å². The fourth-order valence-electron chi connectivity index (χ4n) is 1.58. The Labute approximate surface area is 96.7 Å². The Hall–Kier alpha value is -1.97. The van der Waals surface area contributed by atoms with Crippen molar-refractivity contribution in [2.24, 2.45) is 0 Å². The van der Waals surface area contributed by atoms with Crippen LogP contribution in [0.2, 0.25) is 0 Å². The fourth-order valence-corrected chi connectivity index (χ4v) is 1.58. The molecule has 0 aromatic heterocycles. The van der Waals surface area contributed by atoms with Crippen LogP contribution in [0.5, 0.6) is 0 Å². The molecule has 2 N–H and O–H groups in total. The Kier molecular flexibility index (Phi) is 2.79. The summed E-state index contributed by atoms with van der Waals surface area (Å²) >= 11 is 0. The first-order valence-corrected chi connectivity index (χ1v) is 5.00. The highest BCUT2D eigenvalue weighted by Crippen LogP contribution is 2.26. The molecule has 0 fully saturated rings. The van der Waals surface area contributed by atoms with Gasteiger partial charge in [-0.3, -0.25) is 0 Å². The molecule has 1 nitrogen and oxygen atoms in total. The van der Waals surface area contributed by atoms with Gasteiger partial charge < -0.3 is 5.73 Å². The maximum absolute atomic E-state index is 13.1. The van der Waals surface area contributed by atoms with Gasteiger partial charge in [-0.05, 0) is 47.9 Å². The molecule has 0 aliphatic carbocycles. The van der Waals surface area contributed by atoms with Crippen molar-refractivity contribution < 1.29 is 13.2 Å². The van der Waals surface area contributed by atoms with Crippen LogP contribution in [-0.2, 0) is 0 Å². The second-order valence-electron chi connectivity index (χ2n) is 3.83. The van der Waals surface area contributed by atoms with Gasteiger partial charge in [-0.2, -0.15) is 0 Å². The summed E-state index contributed by atoms with van der Waals surface area (Å²) in [5.41, 5.74) is 7.91. The van der Waals surface area contributed by atoms with Crippen molar-refractivity contribution in [3.63, 3.8) is 0 Å². The maximum Gasteiger partial charge on any atom is 0.194 e. The molecule has 2 rings (SSSR count). The van der Waals surface area contributed by atoms with Gasteiger partial charge in [-0.25, -0.2) is 13.2 Å². The first-order valence-electron chi connectivity index (χ1n) is 5.00. The van der Waals surface area contributed by atoms with E-state index in [1.54, 1.807) is 25.1 Å². The Balaban J connectivity index is 2.57. The zero-order valence-electron chi connectivity index (χ0n) is 9.10. The molecule has 0 saturated heterocycles. The molecule has 2 aromatic carbocycles. The normalized spacial score (nSPS) is 10.6. The molecule has 0 radical (unpaired) electrons. The van der Waals surface area contributed by atoms with E-state index in [2.05, 4.69) is 0 Å². The van der Waals surface area contributed by atoms with Crippen molar-refractivity contribution in [1.82, 2.24) is 0 Å². The number of nitrogen functional groups attached to an aromatic ring is 1. The Bertz CT molecular complexity index is 556. The van der Waals surface area contributed by atoms with E-state index in [4.69, 9.17) is 5.73 Å². The van der Waals surface area contributed by atoms with Gasteiger partial charge in [-0.1, -0.05) is 6.07 Å². The van der Waals surface area contributed by atoms with E-state index in [1.165, 1.54) is 0 Å². The SMILES string of the molecule is Cc1cc(-c2cc(F)c(F)c(F)c2)ccc1N. The van der Waals surface area contributed by atoms with Crippen molar-refractivity contribution in [1.29, 1.82) is 0 Å². The second-order valence-corrected chi connectivity index (χ2v) is 3.83. The molecule has 0 unspecified atom stereocenters. The zero-order valence-corrected chi connectivity index (χ0v) is 9.10. The highest BCUT2D eigenvalue weighted by Gasteiger charge is 2.11. The van der Waals surface area contributed by atoms with Crippen LogP contribution < -0.4 is 5.73 Å². The van der Waals surface area contributed by atoms with Crippen molar-refractivity contribution in [2.75, 3.05) is 5.73 Å². The highest BCUT2D eigenvalue weighted by molar-refractivity contribution is 5.67. The number of aryl methyl sites for hydroxylation is 1. The van der Waals surface area contributed by atoms with Crippen LogP contribution in [0.3, 0.4) is 0 Å². The fraction of sp³-hybridized carbons (Fsp3) is 0.0769. The third-order valence-corrected chi connectivity index (χ3v) is 2.59. The summed E-state index contributed by atoms with van der Waals surface area (Å²) in [5.74, 6) is -3.86. The summed E-state index contributed by atoms with van der Waals surface area (Å²) in [5, 5.41) is 0. The van der Waals surface area contributed by atoms with Gasteiger partial charge in [0.25, 0.3) is 0 Å². The minimum atomic E-state index is -1.46. The molecule has 0 aliphatic heterocycles. The molecule has 88 valence electrons. The lowest BCUT2D eigenvalue weighted by atomic mass is 10.0. The van der Waals surface area contributed by atoms with Crippen molar-refractivity contribution in [2.45, 2.75) is 6.92 Å². The molecule has 0 aliphatic rings. The molecule has 2 aromatic rings. The van der Waals surface area contributed by atoms with E-state index in [1.807, 2.05) is 0 Å². The van der Waals surface area contributed by atoms with Crippen LogP contribution in [0, 0.1) is 24.4 Å². The van der Waals surface area contributed by atoms with Crippen molar-refractivity contribution >= 4 is 5.69 Å².